The van der Waals surface area contributed by atoms with Gasteiger partial charge in [-0.3, -0.25) is 0 Å². The number of hydrogen-bond acceptors (Lipinski definition) is 0. The summed E-state index contributed by atoms with van der Waals surface area (Å²) >= 11 is 0. The molecule has 92 valence electrons. The molecule has 0 radical (unpaired) electrons. The minimum atomic E-state index is 0.895. The van der Waals surface area contributed by atoms with Gasteiger partial charge in [-0.25, -0.2) is 0 Å². The second-order valence-electron chi connectivity index (χ2n) is 4.26. The summed E-state index contributed by atoms with van der Waals surface area (Å²) in [5, 5.41) is 4.90. The van der Waals surface area contributed by atoms with Crippen LogP contribution < -0.4 is 0 Å². The molecule has 2 atom stereocenters. The van der Waals surface area contributed by atoms with Gasteiger partial charge in [0.15, 0.2) is 0 Å². The topological polar surface area (TPSA) is 0 Å². The Hall–Kier alpha value is -0.115. The molecule has 0 bridgehead atoms. The van der Waals surface area contributed by atoms with Gasteiger partial charge in [-0.05, 0) is 49.1 Å². The molecule has 0 aromatic rings. The summed E-state index contributed by atoms with van der Waals surface area (Å²) < 4.78 is 0. The van der Waals surface area contributed by atoms with Gasteiger partial charge in [0.25, 0.3) is 0 Å². The van der Waals surface area contributed by atoms with Crippen molar-refractivity contribution in [2.24, 2.45) is 0 Å². The van der Waals surface area contributed by atoms with Crippen molar-refractivity contribution in [3.63, 3.8) is 0 Å². The quantitative estimate of drug-likeness (QED) is 0.268. The Morgan fingerprint density at radius 3 is 2.94 bits per heavy atom. The van der Waals surface area contributed by atoms with Crippen molar-refractivity contribution in [3.8, 4) is 0 Å². The number of allylic oxidation sites excluding steroid dienone is 6. The number of unbranched alkanes of at least 4 members (excludes halogenated alkanes) is 1. The van der Waals surface area contributed by atoms with E-state index in [9.17, 15) is 0 Å². The first kappa shape index (κ1) is 14.9. The highest BCUT2D eigenvalue weighted by atomic mass is 31.1. The molecule has 0 aliphatic carbocycles. The molecule has 0 saturated heterocycles. The normalized spacial score (nSPS) is 19.8. The molecule has 17 heavy (non-hydrogen) atoms. The lowest BCUT2D eigenvalue weighted by Crippen LogP contribution is -1.86. The van der Waals surface area contributed by atoms with Gasteiger partial charge in [0.1, 0.15) is 7.28 Å². The first-order valence-electron chi connectivity index (χ1n) is 6.49. The number of hydrogen-bond donors (Lipinski definition) is 0. The maximum absolute atomic E-state index is 2.42. The van der Waals surface area contributed by atoms with Crippen LogP contribution in [0.25, 0.3) is 0 Å². The van der Waals surface area contributed by atoms with Gasteiger partial charge in [-0.2, -0.15) is 0 Å². The molecule has 1 aliphatic rings. The van der Waals surface area contributed by atoms with Crippen molar-refractivity contribution in [2.45, 2.75) is 39.9 Å². The van der Waals surface area contributed by atoms with Crippen molar-refractivity contribution in [1.82, 2.24) is 0 Å². The third kappa shape index (κ3) is 5.85. The van der Waals surface area contributed by atoms with Gasteiger partial charge < -0.3 is 0 Å². The molecule has 0 spiro atoms. The molecule has 3 heteroatoms. The summed E-state index contributed by atoms with van der Waals surface area (Å²) in [6.07, 6.45) is 10.6. The largest absolute Gasteiger partial charge is 0.144 e. The van der Waals surface area contributed by atoms with E-state index in [4.69, 9.17) is 0 Å². The molecule has 1 rings (SSSR count). The minimum Gasteiger partial charge on any atom is -0.119 e. The van der Waals surface area contributed by atoms with E-state index in [0.29, 0.717) is 0 Å². The fraction of sp³-hybridized carbons (Fsp3) is 0.429. The Kier molecular flexibility index (Phi) is 7.82. The van der Waals surface area contributed by atoms with Crippen LogP contribution in [0.2, 0.25) is 6.82 Å². The van der Waals surface area contributed by atoms with E-state index >= 15 is 0 Å². The fourth-order valence-corrected chi connectivity index (χ4v) is 4.55. The van der Waals surface area contributed by atoms with Crippen molar-refractivity contribution in [2.75, 3.05) is 0 Å². The van der Waals surface area contributed by atoms with Gasteiger partial charge in [0.05, 0.1) is 0 Å². The molecule has 1 heterocycles. The molecule has 0 aromatic carbocycles. The monoisotopic (exact) mass is 264 g/mol. The summed E-state index contributed by atoms with van der Waals surface area (Å²) in [4.78, 5) is 0. The molecule has 0 N–H and O–H groups in total. The van der Waals surface area contributed by atoms with Crippen LogP contribution in [0.3, 0.4) is 0 Å². The van der Waals surface area contributed by atoms with Gasteiger partial charge in [0.2, 0.25) is 0 Å². The van der Waals surface area contributed by atoms with E-state index in [0.717, 1.165) is 24.4 Å². The summed E-state index contributed by atoms with van der Waals surface area (Å²) in [6, 6.07) is 0. The Balaban J connectivity index is 2.59. The Morgan fingerprint density at radius 2 is 2.24 bits per heavy atom. The standard InChI is InChI=1S/C14H23BP2/c1-4-5-6-7-8-14-13(9-10-15-3)16-11-12(2)17-14/h4-5,9-11,15-17H,6-8H2,1-3H3/b5-4-,10-9+. The van der Waals surface area contributed by atoms with Crippen LogP contribution in [-0.2, 0) is 0 Å². The lowest BCUT2D eigenvalue weighted by Gasteiger charge is -2.17. The predicted molar refractivity (Wildman–Crippen MR) is 88.2 cm³/mol. The van der Waals surface area contributed by atoms with Crippen molar-refractivity contribution in [3.05, 3.63) is 46.0 Å². The molecular formula is C14H23BP2. The SMILES string of the molecule is CB/C=C/C1=C(CCC/C=C\C)PC(C)=CP1. The molecule has 2 unspecified atom stereocenters. The van der Waals surface area contributed by atoms with E-state index in [2.05, 4.69) is 50.7 Å². The molecule has 1 aliphatic heterocycles. The first-order chi connectivity index (χ1) is 8.27. The highest BCUT2D eigenvalue weighted by molar-refractivity contribution is 7.56. The average molecular weight is 264 g/mol. The molecule has 0 fully saturated rings. The lowest BCUT2D eigenvalue weighted by atomic mass is 9.82. The summed E-state index contributed by atoms with van der Waals surface area (Å²) in [7, 11) is 2.98. The Bertz CT molecular complexity index is 351. The summed E-state index contributed by atoms with van der Waals surface area (Å²) in [5.41, 5.74) is 0. The van der Waals surface area contributed by atoms with E-state index < -0.39 is 0 Å². The molecule has 0 aromatic heterocycles. The zero-order valence-electron chi connectivity index (χ0n) is 11.2. The highest BCUT2D eigenvalue weighted by Gasteiger charge is 2.09. The van der Waals surface area contributed by atoms with Crippen LogP contribution in [-0.4, -0.2) is 7.28 Å². The second-order valence-corrected chi connectivity index (χ2v) is 7.02. The minimum absolute atomic E-state index is 0.895. The Morgan fingerprint density at radius 1 is 1.41 bits per heavy atom. The maximum atomic E-state index is 2.42. The summed E-state index contributed by atoms with van der Waals surface area (Å²) in [6.45, 7) is 6.58. The van der Waals surface area contributed by atoms with Crippen LogP contribution in [0, 0.1) is 0 Å². The Labute approximate surface area is 111 Å². The fourth-order valence-electron chi connectivity index (χ4n) is 1.76. The zero-order chi connectivity index (χ0) is 12.5. The van der Waals surface area contributed by atoms with E-state index in [-0.39, 0.29) is 0 Å². The highest BCUT2D eigenvalue weighted by Crippen LogP contribution is 2.49. The second kappa shape index (κ2) is 8.90. The number of rotatable bonds is 6. The van der Waals surface area contributed by atoms with E-state index in [1.807, 2.05) is 0 Å². The van der Waals surface area contributed by atoms with Crippen molar-refractivity contribution < 1.29 is 0 Å². The van der Waals surface area contributed by atoms with Crippen LogP contribution in [0.5, 0.6) is 0 Å². The van der Waals surface area contributed by atoms with Crippen LogP contribution in [0.15, 0.2) is 46.0 Å². The third-order valence-electron chi connectivity index (χ3n) is 2.67. The summed E-state index contributed by atoms with van der Waals surface area (Å²) in [5.74, 6) is 4.72. The lowest BCUT2D eigenvalue weighted by molar-refractivity contribution is 0.857. The molecule has 0 amide bonds. The van der Waals surface area contributed by atoms with Crippen LogP contribution in [0.4, 0.5) is 0 Å². The smallest absolute Gasteiger partial charge is 0.119 e. The predicted octanol–water partition coefficient (Wildman–Crippen LogP) is 5.17. The van der Waals surface area contributed by atoms with E-state index in [1.54, 1.807) is 15.9 Å². The van der Waals surface area contributed by atoms with Gasteiger partial charge in [0, 0.05) is 0 Å². The molecule has 0 saturated carbocycles. The van der Waals surface area contributed by atoms with Crippen molar-refractivity contribution >= 4 is 24.4 Å². The zero-order valence-corrected chi connectivity index (χ0v) is 13.2. The van der Waals surface area contributed by atoms with Crippen LogP contribution >= 0.6 is 17.2 Å². The molecular weight excluding hydrogens is 241 g/mol. The van der Waals surface area contributed by atoms with Gasteiger partial charge in [-0.1, -0.05) is 48.0 Å². The maximum Gasteiger partial charge on any atom is 0.144 e. The average Bonchev–Trinajstić information content (AvgIpc) is 2.33. The van der Waals surface area contributed by atoms with Gasteiger partial charge in [-0.15, -0.1) is 5.98 Å². The first-order valence-corrected chi connectivity index (χ1v) is 8.56. The van der Waals surface area contributed by atoms with Crippen molar-refractivity contribution in [1.29, 1.82) is 0 Å². The van der Waals surface area contributed by atoms with Crippen LogP contribution in [0.1, 0.15) is 33.1 Å². The molecule has 0 nitrogen and oxygen atoms in total. The van der Waals surface area contributed by atoms with E-state index in [1.165, 1.54) is 19.3 Å². The third-order valence-corrected chi connectivity index (χ3v) is 5.93. The van der Waals surface area contributed by atoms with Gasteiger partial charge >= 0.3 is 0 Å².